The van der Waals surface area contributed by atoms with Crippen molar-refractivity contribution in [3.05, 3.63) is 24.4 Å². The fourth-order valence-electron chi connectivity index (χ4n) is 1.80. The minimum atomic E-state index is 0.0713. The second-order valence-electron chi connectivity index (χ2n) is 4.05. The van der Waals surface area contributed by atoms with Crippen LogP contribution in [0.4, 0.5) is 0 Å². The summed E-state index contributed by atoms with van der Waals surface area (Å²) in [5.41, 5.74) is 2.40. The molecule has 1 heteroatoms. The van der Waals surface area contributed by atoms with Crippen molar-refractivity contribution in [1.29, 1.82) is 0 Å². The van der Waals surface area contributed by atoms with Crippen LogP contribution in [0.1, 0.15) is 53.4 Å². The molecule has 0 heterocycles. The lowest BCUT2D eigenvalue weighted by Crippen LogP contribution is -2.44. The van der Waals surface area contributed by atoms with Crippen LogP contribution in [0, 0.1) is 0 Å². The molecule has 0 radical (unpaired) electrons. The minimum absolute atomic E-state index is 0.0713. The normalized spacial score (nSPS) is 14.6. The second kappa shape index (κ2) is 5.90. The summed E-state index contributed by atoms with van der Waals surface area (Å²) in [6, 6.07) is 0. The second-order valence-corrected chi connectivity index (χ2v) is 4.05. The molecule has 0 fully saturated rings. The first-order valence-electron chi connectivity index (χ1n) is 5.64. The first kappa shape index (κ1) is 13.3. The Morgan fingerprint density at radius 1 is 1.21 bits per heavy atom. The van der Waals surface area contributed by atoms with Crippen LogP contribution in [0.2, 0.25) is 0 Å². The van der Waals surface area contributed by atoms with Crippen molar-refractivity contribution in [3.63, 3.8) is 0 Å². The predicted molar refractivity (Wildman–Crippen MR) is 65.3 cm³/mol. The van der Waals surface area contributed by atoms with E-state index in [4.69, 9.17) is 0 Å². The van der Waals surface area contributed by atoms with Crippen LogP contribution in [0.5, 0.6) is 0 Å². The van der Waals surface area contributed by atoms with Crippen molar-refractivity contribution in [2.75, 3.05) is 0 Å². The molecule has 0 rings (SSSR count). The van der Waals surface area contributed by atoms with Crippen LogP contribution < -0.4 is 5.32 Å². The van der Waals surface area contributed by atoms with Crippen molar-refractivity contribution in [1.82, 2.24) is 5.32 Å². The Morgan fingerprint density at radius 3 is 2.07 bits per heavy atom. The van der Waals surface area contributed by atoms with Crippen LogP contribution in [0.15, 0.2) is 24.4 Å². The van der Waals surface area contributed by atoms with E-state index in [-0.39, 0.29) is 5.54 Å². The average Bonchev–Trinajstić information content (AvgIpc) is 2.16. The van der Waals surface area contributed by atoms with Gasteiger partial charge in [0, 0.05) is 5.70 Å². The Labute approximate surface area is 89.3 Å². The topological polar surface area (TPSA) is 12.0 Å². The largest absolute Gasteiger partial charge is 0.380 e. The molecule has 0 aliphatic carbocycles. The molecule has 82 valence electrons. The van der Waals surface area contributed by atoms with Gasteiger partial charge in [-0.25, -0.2) is 0 Å². The third kappa shape index (κ3) is 3.21. The molecule has 0 amide bonds. The maximum absolute atomic E-state index is 4.10. The lowest BCUT2D eigenvalue weighted by atomic mass is 9.84. The van der Waals surface area contributed by atoms with Gasteiger partial charge in [-0.3, -0.25) is 0 Å². The van der Waals surface area contributed by atoms with Gasteiger partial charge in [0.25, 0.3) is 0 Å². The molecular formula is C13H25N. The van der Waals surface area contributed by atoms with Gasteiger partial charge in [-0.15, -0.1) is 0 Å². The molecule has 1 nitrogen and oxygen atoms in total. The fraction of sp³-hybridized carbons (Fsp3) is 0.692. The summed E-state index contributed by atoms with van der Waals surface area (Å²) < 4.78 is 0. The molecule has 0 spiro atoms. The molecule has 14 heavy (non-hydrogen) atoms. The summed E-state index contributed by atoms with van der Waals surface area (Å²) in [6.07, 6.45) is 4.37. The van der Waals surface area contributed by atoms with Crippen molar-refractivity contribution >= 4 is 0 Å². The highest BCUT2D eigenvalue weighted by Gasteiger charge is 2.27. The predicted octanol–water partition coefficient (Wildman–Crippen LogP) is 4.02. The maximum Gasteiger partial charge on any atom is 0.0574 e. The number of allylic oxidation sites excluding steroid dienone is 1. The molecule has 1 atom stereocenters. The highest BCUT2D eigenvalue weighted by atomic mass is 15.0. The highest BCUT2D eigenvalue weighted by molar-refractivity contribution is 5.17. The average molecular weight is 195 g/mol. The quantitative estimate of drug-likeness (QED) is 0.605. The van der Waals surface area contributed by atoms with E-state index in [9.17, 15) is 0 Å². The van der Waals surface area contributed by atoms with E-state index in [1.807, 2.05) is 0 Å². The van der Waals surface area contributed by atoms with Crippen LogP contribution in [0.3, 0.4) is 0 Å². The number of hydrogen-bond donors (Lipinski definition) is 1. The van der Waals surface area contributed by atoms with Gasteiger partial charge in [0.05, 0.1) is 5.54 Å². The molecule has 0 saturated carbocycles. The van der Waals surface area contributed by atoms with Gasteiger partial charge < -0.3 is 5.32 Å². The Kier molecular flexibility index (Phi) is 5.59. The molecule has 0 aromatic carbocycles. The van der Waals surface area contributed by atoms with E-state index in [1.54, 1.807) is 0 Å². The molecule has 1 unspecified atom stereocenters. The number of rotatable bonds is 7. The van der Waals surface area contributed by atoms with E-state index in [0.29, 0.717) is 0 Å². The zero-order valence-corrected chi connectivity index (χ0v) is 10.2. The van der Waals surface area contributed by atoms with E-state index in [2.05, 4.69) is 46.2 Å². The molecule has 0 aromatic rings. The summed E-state index contributed by atoms with van der Waals surface area (Å²) >= 11 is 0. The van der Waals surface area contributed by atoms with Crippen molar-refractivity contribution in [3.8, 4) is 0 Å². The Hall–Kier alpha value is -0.720. The smallest absolute Gasteiger partial charge is 0.0574 e. The summed E-state index contributed by atoms with van der Waals surface area (Å²) in [5, 5.41) is 3.54. The molecule has 0 aliphatic heterocycles. The van der Waals surface area contributed by atoms with Crippen LogP contribution in [-0.4, -0.2) is 5.54 Å². The van der Waals surface area contributed by atoms with E-state index < -0.39 is 0 Å². The zero-order chi connectivity index (χ0) is 11.2. The zero-order valence-electron chi connectivity index (χ0n) is 10.2. The first-order valence-corrected chi connectivity index (χ1v) is 5.64. The highest BCUT2D eigenvalue weighted by Crippen LogP contribution is 2.26. The van der Waals surface area contributed by atoms with Gasteiger partial charge in [-0.2, -0.15) is 0 Å². The van der Waals surface area contributed by atoms with Gasteiger partial charge in [0.1, 0.15) is 0 Å². The third-order valence-corrected chi connectivity index (χ3v) is 2.94. The van der Waals surface area contributed by atoms with Crippen molar-refractivity contribution < 1.29 is 0 Å². The third-order valence-electron chi connectivity index (χ3n) is 2.94. The number of nitrogens with one attached hydrogen (secondary N) is 1. The summed E-state index contributed by atoms with van der Waals surface area (Å²) in [7, 11) is 0. The number of hydrogen-bond acceptors (Lipinski definition) is 1. The van der Waals surface area contributed by atoms with Crippen LogP contribution in [-0.2, 0) is 0 Å². The molecule has 0 bridgehead atoms. The van der Waals surface area contributed by atoms with E-state index >= 15 is 0 Å². The monoisotopic (exact) mass is 195 g/mol. The van der Waals surface area contributed by atoms with E-state index in [1.165, 1.54) is 12.0 Å². The summed E-state index contributed by atoms with van der Waals surface area (Å²) in [6.45, 7) is 16.8. The SMILES string of the molecule is C=C(CC)NC(CC)(CCC)C(=C)C. The Balaban J connectivity index is 4.66. The van der Waals surface area contributed by atoms with Crippen LogP contribution in [0.25, 0.3) is 0 Å². The Bertz CT molecular complexity index is 205. The van der Waals surface area contributed by atoms with Gasteiger partial charge in [-0.1, -0.05) is 45.9 Å². The van der Waals surface area contributed by atoms with Crippen molar-refractivity contribution in [2.45, 2.75) is 58.9 Å². The minimum Gasteiger partial charge on any atom is -0.380 e. The van der Waals surface area contributed by atoms with Crippen LogP contribution >= 0.6 is 0 Å². The van der Waals surface area contributed by atoms with Gasteiger partial charge in [0.15, 0.2) is 0 Å². The lowest BCUT2D eigenvalue weighted by Gasteiger charge is -2.36. The lowest BCUT2D eigenvalue weighted by molar-refractivity contribution is 0.367. The van der Waals surface area contributed by atoms with Gasteiger partial charge in [0.2, 0.25) is 0 Å². The summed E-state index contributed by atoms with van der Waals surface area (Å²) in [5.74, 6) is 0. The maximum atomic E-state index is 4.10. The van der Waals surface area contributed by atoms with Gasteiger partial charge >= 0.3 is 0 Å². The van der Waals surface area contributed by atoms with Gasteiger partial charge in [-0.05, 0) is 26.2 Å². The van der Waals surface area contributed by atoms with E-state index in [0.717, 1.165) is 25.0 Å². The molecule has 0 saturated heterocycles. The molecular weight excluding hydrogens is 170 g/mol. The van der Waals surface area contributed by atoms with Crippen molar-refractivity contribution in [2.24, 2.45) is 0 Å². The Morgan fingerprint density at radius 2 is 1.79 bits per heavy atom. The standard InChI is InChI=1S/C13H25N/c1-7-10-13(9-3,11(4)5)14-12(6)8-2/h14H,4,6-10H2,1-3,5H3. The summed E-state index contributed by atoms with van der Waals surface area (Å²) in [4.78, 5) is 0. The fourth-order valence-corrected chi connectivity index (χ4v) is 1.80. The molecule has 0 aliphatic rings. The molecule has 0 aromatic heterocycles. The first-order chi connectivity index (χ1) is 6.52. The molecule has 1 N–H and O–H groups in total.